The van der Waals surface area contributed by atoms with E-state index in [1.165, 1.54) is 17.2 Å². The average molecular weight is 336 g/mol. The minimum atomic E-state index is -0.136. The molecule has 2 rings (SSSR count). The van der Waals surface area contributed by atoms with E-state index in [9.17, 15) is 4.39 Å². The maximum absolute atomic E-state index is 13.8. The van der Waals surface area contributed by atoms with Crippen LogP contribution < -0.4 is 5.32 Å². The summed E-state index contributed by atoms with van der Waals surface area (Å²) in [5.74, 6) is -0.136. The first-order valence-corrected chi connectivity index (χ1v) is 7.64. The third-order valence-corrected chi connectivity index (χ3v) is 4.38. The Balaban J connectivity index is 2.32. The maximum Gasteiger partial charge on any atom is 0.126 e. The molecule has 0 saturated heterocycles. The average Bonchev–Trinajstić information content (AvgIpc) is 2.44. The lowest BCUT2D eigenvalue weighted by Crippen LogP contribution is -2.24. The van der Waals surface area contributed by atoms with Crippen molar-refractivity contribution in [2.75, 3.05) is 6.54 Å². The zero-order valence-electron chi connectivity index (χ0n) is 11.8. The van der Waals surface area contributed by atoms with Crippen molar-refractivity contribution in [3.05, 3.63) is 69.4 Å². The Bertz CT molecular complexity index is 583. The lowest BCUT2D eigenvalue weighted by Gasteiger charge is -2.21. The molecule has 0 aromatic heterocycles. The summed E-state index contributed by atoms with van der Waals surface area (Å²) >= 11 is 3.56. The van der Waals surface area contributed by atoms with Crippen molar-refractivity contribution in [1.82, 2.24) is 5.32 Å². The monoisotopic (exact) mass is 335 g/mol. The van der Waals surface area contributed by atoms with Crippen LogP contribution in [0.1, 0.15) is 29.7 Å². The van der Waals surface area contributed by atoms with E-state index in [4.69, 9.17) is 0 Å². The van der Waals surface area contributed by atoms with Gasteiger partial charge < -0.3 is 5.32 Å². The molecule has 0 heterocycles. The zero-order valence-corrected chi connectivity index (χ0v) is 13.4. The number of halogens is 2. The van der Waals surface area contributed by atoms with Gasteiger partial charge in [0.1, 0.15) is 5.82 Å². The van der Waals surface area contributed by atoms with Gasteiger partial charge in [-0.2, -0.15) is 0 Å². The minimum absolute atomic E-state index is 0.120. The van der Waals surface area contributed by atoms with E-state index >= 15 is 0 Å². The lowest BCUT2D eigenvalue weighted by atomic mass is 9.95. The van der Waals surface area contributed by atoms with Gasteiger partial charge in [-0.3, -0.25) is 0 Å². The first-order chi connectivity index (χ1) is 9.63. The van der Waals surface area contributed by atoms with E-state index in [-0.39, 0.29) is 11.9 Å². The van der Waals surface area contributed by atoms with Gasteiger partial charge in [-0.25, -0.2) is 4.39 Å². The van der Waals surface area contributed by atoms with Gasteiger partial charge in [0.15, 0.2) is 0 Å². The third kappa shape index (κ3) is 3.47. The Kier molecular flexibility index (Phi) is 5.32. The van der Waals surface area contributed by atoms with E-state index in [0.29, 0.717) is 6.42 Å². The van der Waals surface area contributed by atoms with Crippen LogP contribution in [-0.2, 0) is 6.42 Å². The highest BCUT2D eigenvalue weighted by Crippen LogP contribution is 2.27. The minimum Gasteiger partial charge on any atom is -0.310 e. The summed E-state index contributed by atoms with van der Waals surface area (Å²) in [7, 11) is 0. The van der Waals surface area contributed by atoms with Crippen molar-refractivity contribution >= 4 is 15.9 Å². The Morgan fingerprint density at radius 3 is 2.60 bits per heavy atom. The first kappa shape index (κ1) is 15.2. The smallest absolute Gasteiger partial charge is 0.126 e. The van der Waals surface area contributed by atoms with Crippen molar-refractivity contribution in [3.63, 3.8) is 0 Å². The highest BCUT2D eigenvalue weighted by Gasteiger charge is 2.16. The molecule has 0 bridgehead atoms. The molecule has 0 saturated carbocycles. The van der Waals surface area contributed by atoms with Crippen LogP contribution in [0.15, 0.2) is 46.9 Å². The molecular formula is C17H19BrFN. The molecule has 1 unspecified atom stereocenters. The van der Waals surface area contributed by atoms with Gasteiger partial charge in [0, 0.05) is 10.5 Å². The predicted molar refractivity (Wildman–Crippen MR) is 85.4 cm³/mol. The van der Waals surface area contributed by atoms with Gasteiger partial charge in [-0.15, -0.1) is 0 Å². The van der Waals surface area contributed by atoms with Crippen molar-refractivity contribution < 1.29 is 4.39 Å². The molecule has 106 valence electrons. The number of hydrogen-bond acceptors (Lipinski definition) is 1. The summed E-state index contributed by atoms with van der Waals surface area (Å²) in [6.07, 6.45) is 0.651. The van der Waals surface area contributed by atoms with Crippen molar-refractivity contribution in [2.24, 2.45) is 0 Å². The van der Waals surface area contributed by atoms with Gasteiger partial charge in [0.2, 0.25) is 0 Å². The number of likely N-dealkylation sites (N-methyl/N-ethyl adjacent to an activating group) is 1. The van der Waals surface area contributed by atoms with E-state index in [2.05, 4.69) is 41.2 Å². The third-order valence-electron chi connectivity index (χ3n) is 3.52. The first-order valence-electron chi connectivity index (χ1n) is 6.85. The molecule has 2 aromatic rings. The van der Waals surface area contributed by atoms with Crippen LogP contribution in [0.4, 0.5) is 4.39 Å². The highest BCUT2D eigenvalue weighted by molar-refractivity contribution is 9.10. The molecule has 1 N–H and O–H groups in total. The maximum atomic E-state index is 13.8. The van der Waals surface area contributed by atoms with Gasteiger partial charge in [0.25, 0.3) is 0 Å². The van der Waals surface area contributed by atoms with Crippen LogP contribution in [0, 0.1) is 12.7 Å². The number of benzene rings is 2. The standard InChI is InChI=1S/C17H19BrFN/c1-3-20-17(11-13-7-4-5-10-16(13)19)14-8-6-9-15(18)12(14)2/h4-10,17,20H,3,11H2,1-2H3. The molecule has 20 heavy (non-hydrogen) atoms. The Morgan fingerprint density at radius 2 is 1.90 bits per heavy atom. The van der Waals surface area contributed by atoms with Gasteiger partial charge in [-0.05, 0) is 48.7 Å². The molecule has 3 heteroatoms. The van der Waals surface area contributed by atoms with Crippen molar-refractivity contribution in [3.8, 4) is 0 Å². The molecular weight excluding hydrogens is 317 g/mol. The number of hydrogen-bond donors (Lipinski definition) is 1. The van der Waals surface area contributed by atoms with E-state index in [0.717, 1.165) is 16.6 Å². The van der Waals surface area contributed by atoms with Crippen LogP contribution in [0.5, 0.6) is 0 Å². The second kappa shape index (κ2) is 7.00. The van der Waals surface area contributed by atoms with E-state index in [1.54, 1.807) is 6.07 Å². The quantitative estimate of drug-likeness (QED) is 0.828. The molecule has 0 aliphatic rings. The normalized spacial score (nSPS) is 12.4. The molecule has 0 radical (unpaired) electrons. The largest absolute Gasteiger partial charge is 0.310 e. The molecule has 0 aliphatic heterocycles. The second-order valence-electron chi connectivity index (χ2n) is 4.86. The van der Waals surface area contributed by atoms with E-state index < -0.39 is 0 Å². The summed E-state index contributed by atoms with van der Waals surface area (Å²) in [6.45, 7) is 5.01. The van der Waals surface area contributed by atoms with Crippen LogP contribution in [0.2, 0.25) is 0 Å². The second-order valence-corrected chi connectivity index (χ2v) is 5.71. The molecule has 2 aromatic carbocycles. The van der Waals surface area contributed by atoms with Crippen LogP contribution in [0.25, 0.3) is 0 Å². The number of rotatable bonds is 5. The summed E-state index contributed by atoms with van der Waals surface area (Å²) in [6, 6.07) is 13.3. The summed E-state index contributed by atoms with van der Waals surface area (Å²) in [5.41, 5.74) is 3.16. The summed E-state index contributed by atoms with van der Waals surface area (Å²) in [5, 5.41) is 3.46. The lowest BCUT2D eigenvalue weighted by molar-refractivity contribution is 0.526. The summed E-state index contributed by atoms with van der Waals surface area (Å²) in [4.78, 5) is 0. The molecule has 1 nitrogen and oxygen atoms in total. The van der Waals surface area contributed by atoms with Gasteiger partial charge >= 0.3 is 0 Å². The van der Waals surface area contributed by atoms with Gasteiger partial charge in [0.05, 0.1) is 0 Å². The predicted octanol–water partition coefficient (Wildman–Crippen LogP) is 4.79. The number of nitrogens with one attached hydrogen (secondary N) is 1. The molecule has 0 aliphatic carbocycles. The fraction of sp³-hybridized carbons (Fsp3) is 0.294. The van der Waals surface area contributed by atoms with Crippen molar-refractivity contribution in [2.45, 2.75) is 26.3 Å². The van der Waals surface area contributed by atoms with Gasteiger partial charge in [-0.1, -0.05) is 53.2 Å². The van der Waals surface area contributed by atoms with Crippen molar-refractivity contribution in [1.29, 1.82) is 0 Å². The fourth-order valence-electron chi connectivity index (χ4n) is 2.42. The topological polar surface area (TPSA) is 12.0 Å². The molecule has 0 spiro atoms. The van der Waals surface area contributed by atoms with Crippen LogP contribution in [0.3, 0.4) is 0 Å². The van der Waals surface area contributed by atoms with Crippen LogP contribution >= 0.6 is 15.9 Å². The SMILES string of the molecule is CCNC(Cc1ccccc1F)c1cccc(Br)c1C. The zero-order chi connectivity index (χ0) is 14.5. The highest BCUT2D eigenvalue weighted by atomic mass is 79.9. The van der Waals surface area contributed by atoms with Crippen LogP contribution in [-0.4, -0.2) is 6.54 Å². The molecule has 0 amide bonds. The molecule has 1 atom stereocenters. The summed E-state index contributed by atoms with van der Waals surface area (Å²) < 4.78 is 14.9. The Labute approximate surface area is 128 Å². The Morgan fingerprint density at radius 1 is 1.15 bits per heavy atom. The fourth-order valence-corrected chi connectivity index (χ4v) is 2.81. The van der Waals surface area contributed by atoms with E-state index in [1.807, 2.05) is 24.3 Å². The molecule has 0 fully saturated rings. The Hall–Kier alpha value is -1.19.